The van der Waals surface area contributed by atoms with E-state index in [4.69, 9.17) is 10.5 Å². The van der Waals surface area contributed by atoms with E-state index in [0.717, 1.165) is 10.6 Å². The number of aromatic nitrogens is 1. The molecule has 0 unspecified atom stereocenters. The number of anilines is 1. The third-order valence-corrected chi connectivity index (χ3v) is 4.26. The molecule has 2 amide bonds. The van der Waals surface area contributed by atoms with Crippen LogP contribution >= 0.6 is 22.6 Å². The first kappa shape index (κ1) is 15.5. The highest BCUT2D eigenvalue weighted by atomic mass is 127. The summed E-state index contributed by atoms with van der Waals surface area (Å²) in [6.07, 6.45) is 0. The molecule has 1 aromatic carbocycles. The summed E-state index contributed by atoms with van der Waals surface area (Å²) in [7, 11) is 1.25. The molecule has 1 aliphatic heterocycles. The number of ether oxygens (including phenoxy) is 1. The van der Waals surface area contributed by atoms with Crippen molar-refractivity contribution in [3.8, 4) is 11.4 Å². The summed E-state index contributed by atoms with van der Waals surface area (Å²) in [5, 5.41) is 2.06. The molecule has 2 heterocycles. The normalized spacial score (nSPS) is 13.0. The van der Waals surface area contributed by atoms with Gasteiger partial charge in [-0.05, 0) is 34.7 Å². The van der Waals surface area contributed by atoms with Crippen LogP contribution in [0.25, 0.3) is 5.69 Å². The lowest BCUT2D eigenvalue weighted by Gasteiger charge is -2.15. The second-order valence-corrected chi connectivity index (χ2v) is 5.85. The number of imide groups is 1. The fourth-order valence-electron chi connectivity index (χ4n) is 2.42. The van der Waals surface area contributed by atoms with E-state index in [1.54, 1.807) is 22.6 Å². The van der Waals surface area contributed by atoms with E-state index >= 15 is 0 Å². The molecule has 0 fully saturated rings. The number of halogens is 2. The zero-order chi connectivity index (χ0) is 16.9. The number of amides is 2. The van der Waals surface area contributed by atoms with Gasteiger partial charge in [0.1, 0.15) is 5.82 Å². The Morgan fingerprint density at radius 1 is 1.26 bits per heavy atom. The van der Waals surface area contributed by atoms with Crippen LogP contribution in [0.3, 0.4) is 0 Å². The van der Waals surface area contributed by atoms with Gasteiger partial charge in [0.2, 0.25) is 0 Å². The van der Waals surface area contributed by atoms with Gasteiger partial charge in [-0.3, -0.25) is 24.3 Å². The Labute approximate surface area is 142 Å². The molecular formula is C14H9FIN3O4. The van der Waals surface area contributed by atoms with E-state index in [-0.39, 0.29) is 28.4 Å². The van der Waals surface area contributed by atoms with Crippen LogP contribution in [0.1, 0.15) is 20.7 Å². The number of benzene rings is 1. The molecule has 2 aromatic rings. The van der Waals surface area contributed by atoms with Gasteiger partial charge in [-0.1, -0.05) is 0 Å². The summed E-state index contributed by atoms with van der Waals surface area (Å²) < 4.78 is 20.5. The standard InChI is InChI=1S/C14H9FIN3O4/c1-23-11-7(3-2-6(16)10(11)15)19-8(20)4-5-9(12(19)17)14(22)18-13(5)21/h2-4H,17H2,1H3,(H,18,21,22). The topological polar surface area (TPSA) is 103 Å². The van der Waals surface area contributed by atoms with Crippen LogP contribution in [0.15, 0.2) is 23.0 Å². The number of pyridine rings is 1. The minimum absolute atomic E-state index is 0.0443. The number of fused-ring (bicyclic) bond motifs is 1. The molecule has 3 N–H and O–H groups in total. The molecule has 118 valence electrons. The zero-order valence-corrected chi connectivity index (χ0v) is 13.8. The van der Waals surface area contributed by atoms with Crippen molar-refractivity contribution in [1.29, 1.82) is 0 Å². The quantitative estimate of drug-likeness (QED) is 0.549. The summed E-state index contributed by atoms with van der Waals surface area (Å²) >= 11 is 1.78. The largest absolute Gasteiger partial charge is 0.492 e. The number of carbonyl (C=O) groups excluding carboxylic acids is 2. The lowest BCUT2D eigenvalue weighted by atomic mass is 10.1. The summed E-state index contributed by atoms with van der Waals surface area (Å²) in [6.45, 7) is 0. The third-order valence-electron chi connectivity index (χ3n) is 3.43. The average Bonchev–Trinajstić information content (AvgIpc) is 2.77. The van der Waals surface area contributed by atoms with Gasteiger partial charge in [0, 0.05) is 6.07 Å². The van der Waals surface area contributed by atoms with Gasteiger partial charge in [0.25, 0.3) is 17.4 Å². The monoisotopic (exact) mass is 429 g/mol. The Bertz CT molecular complexity index is 939. The number of nitrogens with one attached hydrogen (secondary N) is 1. The zero-order valence-electron chi connectivity index (χ0n) is 11.6. The maximum Gasteiger partial charge on any atom is 0.262 e. The number of carbonyl (C=O) groups is 2. The van der Waals surface area contributed by atoms with E-state index in [1.165, 1.54) is 19.2 Å². The molecule has 0 saturated heterocycles. The molecule has 0 atom stereocenters. The molecule has 23 heavy (non-hydrogen) atoms. The number of nitrogens with zero attached hydrogens (tertiary/aromatic N) is 1. The van der Waals surface area contributed by atoms with Gasteiger partial charge in [0.15, 0.2) is 11.6 Å². The third kappa shape index (κ3) is 2.19. The van der Waals surface area contributed by atoms with Crippen molar-refractivity contribution >= 4 is 40.2 Å². The van der Waals surface area contributed by atoms with Crippen molar-refractivity contribution in [3.05, 3.63) is 49.1 Å². The van der Waals surface area contributed by atoms with Crippen LogP contribution in [-0.2, 0) is 0 Å². The molecule has 1 aromatic heterocycles. The van der Waals surface area contributed by atoms with Crippen LogP contribution in [0.2, 0.25) is 0 Å². The van der Waals surface area contributed by atoms with Crippen LogP contribution in [0, 0.1) is 9.39 Å². The number of hydrogen-bond donors (Lipinski definition) is 2. The van der Waals surface area contributed by atoms with Crippen molar-refractivity contribution in [2.45, 2.75) is 0 Å². The molecule has 0 bridgehead atoms. The van der Waals surface area contributed by atoms with Crippen molar-refractivity contribution < 1.29 is 18.7 Å². The number of rotatable bonds is 2. The molecule has 1 aliphatic rings. The smallest absolute Gasteiger partial charge is 0.262 e. The lowest BCUT2D eigenvalue weighted by molar-refractivity contribution is 0.0880. The highest BCUT2D eigenvalue weighted by Crippen LogP contribution is 2.31. The van der Waals surface area contributed by atoms with Crippen molar-refractivity contribution in [2.75, 3.05) is 12.8 Å². The predicted octanol–water partition coefficient (Wildman–Crippen LogP) is 1.06. The van der Waals surface area contributed by atoms with Gasteiger partial charge in [0.05, 0.1) is 27.5 Å². The summed E-state index contributed by atoms with van der Waals surface area (Å²) in [5.41, 5.74) is 5.06. The van der Waals surface area contributed by atoms with Gasteiger partial charge in [-0.25, -0.2) is 4.39 Å². The van der Waals surface area contributed by atoms with Crippen LogP contribution in [0.4, 0.5) is 10.2 Å². The second kappa shape index (κ2) is 5.33. The van der Waals surface area contributed by atoms with Crippen LogP contribution in [0.5, 0.6) is 5.75 Å². The second-order valence-electron chi connectivity index (χ2n) is 4.69. The summed E-state index contributed by atoms with van der Waals surface area (Å²) in [6, 6.07) is 3.88. The highest BCUT2D eigenvalue weighted by molar-refractivity contribution is 14.1. The highest BCUT2D eigenvalue weighted by Gasteiger charge is 2.32. The van der Waals surface area contributed by atoms with Crippen molar-refractivity contribution in [3.63, 3.8) is 0 Å². The molecule has 7 nitrogen and oxygen atoms in total. The predicted molar refractivity (Wildman–Crippen MR) is 87.5 cm³/mol. The van der Waals surface area contributed by atoms with E-state index in [0.29, 0.717) is 3.57 Å². The molecule has 0 saturated carbocycles. The van der Waals surface area contributed by atoms with Crippen LogP contribution in [-0.4, -0.2) is 23.5 Å². The minimum Gasteiger partial charge on any atom is -0.492 e. The fourth-order valence-corrected chi connectivity index (χ4v) is 2.84. The molecule has 3 rings (SSSR count). The van der Waals surface area contributed by atoms with Crippen molar-refractivity contribution in [2.24, 2.45) is 0 Å². The molecule has 0 spiro atoms. The van der Waals surface area contributed by atoms with Crippen molar-refractivity contribution in [1.82, 2.24) is 9.88 Å². The van der Waals surface area contributed by atoms with E-state index < -0.39 is 23.2 Å². The Balaban J connectivity index is 2.38. The number of methoxy groups -OCH3 is 1. The van der Waals surface area contributed by atoms with Gasteiger partial charge < -0.3 is 10.5 Å². The SMILES string of the molecule is COc1c(-n2c(N)c3c(cc2=O)C(=O)NC3=O)ccc(I)c1F. The molecule has 9 heteroatoms. The molecule has 0 radical (unpaired) electrons. The number of nitrogens with two attached hydrogens (primary N) is 1. The first-order chi connectivity index (χ1) is 10.9. The summed E-state index contributed by atoms with van der Waals surface area (Å²) in [5.74, 6) is -2.49. The Morgan fingerprint density at radius 3 is 2.61 bits per heavy atom. The first-order valence-corrected chi connectivity index (χ1v) is 7.38. The van der Waals surface area contributed by atoms with Crippen LogP contribution < -0.4 is 21.3 Å². The number of nitrogen functional groups attached to an aromatic ring is 1. The average molecular weight is 429 g/mol. The maximum absolute atomic E-state index is 14.2. The van der Waals surface area contributed by atoms with E-state index in [1.807, 2.05) is 0 Å². The number of hydrogen-bond acceptors (Lipinski definition) is 5. The first-order valence-electron chi connectivity index (χ1n) is 6.30. The minimum atomic E-state index is -0.707. The Hall–Kier alpha value is -2.43. The van der Waals surface area contributed by atoms with E-state index in [2.05, 4.69) is 5.32 Å². The summed E-state index contributed by atoms with van der Waals surface area (Å²) in [4.78, 5) is 35.8. The Kier molecular flexibility index (Phi) is 3.59. The molecular weight excluding hydrogens is 420 g/mol. The Morgan fingerprint density at radius 2 is 1.96 bits per heavy atom. The van der Waals surface area contributed by atoms with Gasteiger partial charge in [-0.2, -0.15) is 0 Å². The fraction of sp³-hybridized carbons (Fsp3) is 0.0714. The molecule has 0 aliphatic carbocycles. The van der Waals surface area contributed by atoms with E-state index in [9.17, 15) is 18.8 Å². The lowest BCUT2D eigenvalue weighted by Crippen LogP contribution is -2.24. The van der Waals surface area contributed by atoms with Gasteiger partial charge >= 0.3 is 0 Å². The maximum atomic E-state index is 14.2. The van der Waals surface area contributed by atoms with Gasteiger partial charge in [-0.15, -0.1) is 0 Å².